The topological polar surface area (TPSA) is 94.3 Å². The first-order valence-electron chi connectivity index (χ1n) is 9.92. The smallest absolute Gasteiger partial charge is 0.306 e. The van der Waals surface area contributed by atoms with E-state index >= 15 is 0 Å². The van der Waals surface area contributed by atoms with Gasteiger partial charge < -0.3 is 14.6 Å². The van der Waals surface area contributed by atoms with Gasteiger partial charge in [-0.3, -0.25) is 9.59 Å². The Morgan fingerprint density at radius 1 is 1.28 bits per heavy atom. The highest BCUT2D eigenvalue weighted by molar-refractivity contribution is 7.97. The summed E-state index contributed by atoms with van der Waals surface area (Å²) in [5.74, 6) is 0.888. The van der Waals surface area contributed by atoms with Gasteiger partial charge in [-0.1, -0.05) is 23.4 Å². The Kier molecular flexibility index (Phi) is 7.69. The molecular formula is C21H27N3O4S. The first-order valence-corrected chi connectivity index (χ1v) is 11.3. The van der Waals surface area contributed by atoms with Crippen LogP contribution in [0.25, 0.3) is 0 Å². The Hall–Kier alpha value is -2.35. The van der Waals surface area contributed by atoms with Crippen molar-refractivity contribution >= 4 is 23.6 Å². The Morgan fingerprint density at radius 3 is 2.86 bits per heavy atom. The summed E-state index contributed by atoms with van der Waals surface area (Å²) in [5, 5.41) is 6.71. The lowest BCUT2D eigenvalue weighted by atomic mass is 9.89. The summed E-state index contributed by atoms with van der Waals surface area (Å²) < 4.78 is 10.1. The minimum atomic E-state index is -0.466. The number of aromatic nitrogens is 2. The van der Waals surface area contributed by atoms with E-state index in [1.54, 1.807) is 11.8 Å². The van der Waals surface area contributed by atoms with E-state index in [0.29, 0.717) is 23.9 Å². The lowest BCUT2D eigenvalue weighted by Gasteiger charge is -2.20. The molecule has 2 aromatic rings. The SMILES string of the molecule is CSCc1noc(CCC(=O)OCC(=O)NC(C)c2ccc3c(c2)CCCC3)n1. The molecule has 1 aliphatic rings. The maximum Gasteiger partial charge on any atom is 0.306 e. The number of hydrogen-bond donors (Lipinski definition) is 1. The number of amides is 1. The second kappa shape index (κ2) is 10.4. The molecule has 0 spiro atoms. The zero-order valence-corrected chi connectivity index (χ0v) is 17.7. The third kappa shape index (κ3) is 6.32. The highest BCUT2D eigenvalue weighted by Gasteiger charge is 2.16. The molecule has 0 saturated carbocycles. The molecule has 29 heavy (non-hydrogen) atoms. The summed E-state index contributed by atoms with van der Waals surface area (Å²) in [4.78, 5) is 28.2. The highest BCUT2D eigenvalue weighted by atomic mass is 32.2. The molecular weight excluding hydrogens is 390 g/mol. The van der Waals surface area contributed by atoms with Gasteiger partial charge in [-0.2, -0.15) is 16.7 Å². The number of nitrogens with one attached hydrogen (secondary N) is 1. The third-order valence-corrected chi connectivity index (χ3v) is 5.49. The van der Waals surface area contributed by atoms with Crippen molar-refractivity contribution in [3.63, 3.8) is 0 Å². The number of carbonyl (C=O) groups is 2. The number of esters is 1. The van der Waals surface area contributed by atoms with Gasteiger partial charge >= 0.3 is 5.97 Å². The summed E-state index contributed by atoms with van der Waals surface area (Å²) in [6.07, 6.45) is 7.03. The molecule has 1 atom stereocenters. The minimum absolute atomic E-state index is 0.0918. The Labute approximate surface area is 175 Å². The quantitative estimate of drug-likeness (QED) is 0.626. The normalized spacial score (nSPS) is 14.1. The zero-order valence-electron chi connectivity index (χ0n) is 16.9. The van der Waals surface area contributed by atoms with Crippen molar-refractivity contribution in [1.82, 2.24) is 15.5 Å². The lowest BCUT2D eigenvalue weighted by Crippen LogP contribution is -2.31. The highest BCUT2D eigenvalue weighted by Crippen LogP contribution is 2.24. The van der Waals surface area contributed by atoms with Crippen LogP contribution in [-0.4, -0.2) is 34.9 Å². The van der Waals surface area contributed by atoms with Gasteiger partial charge in [0.25, 0.3) is 5.91 Å². The van der Waals surface area contributed by atoms with Gasteiger partial charge in [-0.05, 0) is 55.6 Å². The second-order valence-corrected chi connectivity index (χ2v) is 8.09. The van der Waals surface area contributed by atoms with Crippen LogP contribution >= 0.6 is 11.8 Å². The van der Waals surface area contributed by atoms with Gasteiger partial charge in [0.05, 0.1) is 18.2 Å². The van der Waals surface area contributed by atoms with E-state index in [-0.39, 0.29) is 25.0 Å². The summed E-state index contributed by atoms with van der Waals surface area (Å²) in [6.45, 7) is 1.64. The van der Waals surface area contributed by atoms with Crippen LogP contribution in [0, 0.1) is 0 Å². The van der Waals surface area contributed by atoms with Crippen LogP contribution < -0.4 is 5.32 Å². The van der Waals surface area contributed by atoms with E-state index in [1.807, 2.05) is 13.2 Å². The van der Waals surface area contributed by atoms with Crippen LogP contribution in [0.3, 0.4) is 0 Å². The number of fused-ring (bicyclic) bond motifs is 1. The van der Waals surface area contributed by atoms with Gasteiger partial charge in [0, 0.05) is 6.42 Å². The molecule has 3 rings (SSSR count). The van der Waals surface area contributed by atoms with E-state index in [2.05, 4.69) is 33.7 Å². The molecule has 1 aromatic carbocycles. The second-order valence-electron chi connectivity index (χ2n) is 7.22. The fraction of sp³-hybridized carbons (Fsp3) is 0.524. The molecule has 0 radical (unpaired) electrons. The molecule has 0 saturated heterocycles. The zero-order chi connectivity index (χ0) is 20.6. The first-order chi connectivity index (χ1) is 14.0. The number of nitrogens with zero attached hydrogens (tertiary/aromatic N) is 2. The van der Waals surface area contributed by atoms with Crippen molar-refractivity contribution < 1.29 is 18.8 Å². The van der Waals surface area contributed by atoms with E-state index in [9.17, 15) is 9.59 Å². The third-order valence-electron chi connectivity index (χ3n) is 4.94. The van der Waals surface area contributed by atoms with Crippen molar-refractivity contribution in [3.05, 3.63) is 46.6 Å². The van der Waals surface area contributed by atoms with Gasteiger partial charge in [-0.15, -0.1) is 0 Å². The number of ether oxygens (including phenoxy) is 1. The summed E-state index contributed by atoms with van der Waals surface area (Å²) in [6, 6.07) is 6.27. The maximum absolute atomic E-state index is 12.1. The molecule has 1 N–H and O–H groups in total. The number of rotatable bonds is 9. The molecule has 7 nitrogen and oxygen atoms in total. The molecule has 156 valence electrons. The Bertz CT molecular complexity index is 852. The van der Waals surface area contributed by atoms with E-state index in [4.69, 9.17) is 9.26 Å². The molecule has 1 heterocycles. The monoisotopic (exact) mass is 417 g/mol. The lowest BCUT2D eigenvalue weighted by molar-refractivity contribution is -0.148. The number of aryl methyl sites for hydroxylation is 3. The van der Waals surface area contributed by atoms with E-state index in [0.717, 1.165) is 18.4 Å². The molecule has 1 unspecified atom stereocenters. The van der Waals surface area contributed by atoms with E-state index in [1.165, 1.54) is 24.0 Å². The van der Waals surface area contributed by atoms with Crippen LogP contribution in [0.15, 0.2) is 22.7 Å². The molecule has 8 heteroatoms. The first kappa shape index (κ1) is 21.4. The molecule has 1 aromatic heterocycles. The summed E-state index contributed by atoms with van der Waals surface area (Å²) in [5.41, 5.74) is 3.86. The number of thioether (sulfide) groups is 1. The van der Waals surface area contributed by atoms with Crippen LogP contribution in [-0.2, 0) is 39.3 Å². The summed E-state index contributed by atoms with van der Waals surface area (Å²) >= 11 is 1.59. The fourth-order valence-corrected chi connectivity index (χ4v) is 3.77. The largest absolute Gasteiger partial charge is 0.456 e. The van der Waals surface area contributed by atoms with Gasteiger partial charge in [0.15, 0.2) is 12.4 Å². The van der Waals surface area contributed by atoms with Crippen LogP contribution in [0.4, 0.5) is 0 Å². The average Bonchev–Trinajstić information content (AvgIpc) is 3.18. The van der Waals surface area contributed by atoms with Gasteiger partial charge in [-0.25, -0.2) is 0 Å². The molecule has 1 amide bonds. The van der Waals surface area contributed by atoms with Gasteiger partial charge in [0.1, 0.15) is 0 Å². The Balaban J connectivity index is 1.40. The number of hydrogen-bond acceptors (Lipinski definition) is 7. The molecule has 0 fully saturated rings. The molecule has 0 aliphatic heterocycles. The van der Waals surface area contributed by atoms with Crippen molar-refractivity contribution in [3.8, 4) is 0 Å². The maximum atomic E-state index is 12.1. The number of benzene rings is 1. The van der Waals surface area contributed by atoms with Crippen LogP contribution in [0.2, 0.25) is 0 Å². The predicted octanol–water partition coefficient (Wildman–Crippen LogP) is 3.16. The number of carbonyl (C=O) groups excluding carboxylic acids is 2. The van der Waals surface area contributed by atoms with Crippen molar-refractivity contribution in [2.75, 3.05) is 12.9 Å². The molecule has 0 bridgehead atoms. The Morgan fingerprint density at radius 2 is 2.07 bits per heavy atom. The molecule has 1 aliphatic carbocycles. The van der Waals surface area contributed by atoms with Crippen molar-refractivity contribution in [2.45, 2.75) is 57.2 Å². The predicted molar refractivity (Wildman–Crippen MR) is 110 cm³/mol. The minimum Gasteiger partial charge on any atom is -0.456 e. The van der Waals surface area contributed by atoms with Crippen LogP contribution in [0.5, 0.6) is 0 Å². The summed E-state index contributed by atoms with van der Waals surface area (Å²) in [7, 11) is 0. The van der Waals surface area contributed by atoms with Gasteiger partial charge in [0.2, 0.25) is 5.89 Å². The average molecular weight is 418 g/mol. The van der Waals surface area contributed by atoms with Crippen LogP contribution in [0.1, 0.15) is 60.6 Å². The van der Waals surface area contributed by atoms with Crippen molar-refractivity contribution in [1.29, 1.82) is 0 Å². The van der Waals surface area contributed by atoms with Crippen molar-refractivity contribution in [2.24, 2.45) is 0 Å². The standard InChI is InChI=1S/C21H27N3O4S/c1-14(16-8-7-15-5-3-4-6-17(15)11-16)22-19(25)12-27-21(26)10-9-20-23-18(13-29-2)24-28-20/h7-8,11,14H,3-6,9-10,12-13H2,1-2H3,(H,22,25). The van der Waals surface area contributed by atoms with E-state index < -0.39 is 5.97 Å². The fourth-order valence-electron chi connectivity index (χ4n) is 3.40.